The van der Waals surface area contributed by atoms with Crippen molar-refractivity contribution in [1.82, 2.24) is 0 Å². The van der Waals surface area contributed by atoms with Gasteiger partial charge in [-0.2, -0.15) is 8.78 Å². The summed E-state index contributed by atoms with van der Waals surface area (Å²) in [6.07, 6.45) is -0.395. The predicted octanol–water partition coefficient (Wildman–Crippen LogP) is 2.37. The van der Waals surface area contributed by atoms with E-state index in [1.165, 1.54) is 36.4 Å². The maximum absolute atomic E-state index is 12.6. The summed E-state index contributed by atoms with van der Waals surface area (Å²) in [5, 5.41) is 4.90. The van der Waals surface area contributed by atoms with Crippen molar-refractivity contribution in [2.75, 3.05) is 15.4 Å². The number of benzene rings is 2. The van der Waals surface area contributed by atoms with Gasteiger partial charge in [-0.3, -0.25) is 14.3 Å². The number of anilines is 3. The van der Waals surface area contributed by atoms with E-state index in [9.17, 15) is 26.8 Å². The summed E-state index contributed by atoms with van der Waals surface area (Å²) in [6, 6.07) is 8.98. The summed E-state index contributed by atoms with van der Waals surface area (Å²) in [4.78, 5) is 22.9. The molecule has 0 saturated heterocycles. The Labute approximate surface area is 152 Å². The number of alkyl halides is 2. The molecule has 1 heterocycles. The molecule has 8 nitrogen and oxygen atoms in total. The molecule has 0 aliphatic carbocycles. The molecule has 1 aliphatic rings. The van der Waals surface area contributed by atoms with E-state index in [1.807, 2.05) is 0 Å². The molecule has 0 spiro atoms. The van der Waals surface area contributed by atoms with Gasteiger partial charge in [0, 0.05) is 0 Å². The van der Waals surface area contributed by atoms with Gasteiger partial charge >= 0.3 is 6.61 Å². The highest BCUT2D eigenvalue weighted by Crippen LogP contribution is 2.31. The van der Waals surface area contributed by atoms with Crippen LogP contribution in [-0.2, 0) is 19.6 Å². The molecule has 2 aromatic carbocycles. The molecule has 0 atom stereocenters. The number of carbonyl (C=O) groups excluding carboxylic acids is 2. The van der Waals surface area contributed by atoms with E-state index in [4.69, 9.17) is 0 Å². The number of nitrogens with one attached hydrogen (secondary N) is 3. The Hall–Kier alpha value is -3.21. The Bertz CT molecular complexity index is 1010. The predicted molar refractivity (Wildman–Crippen MR) is 92.2 cm³/mol. The lowest BCUT2D eigenvalue weighted by Crippen LogP contribution is -2.16. The third-order valence-electron chi connectivity index (χ3n) is 3.52. The van der Waals surface area contributed by atoms with E-state index >= 15 is 0 Å². The minimum atomic E-state index is -4.19. The van der Waals surface area contributed by atoms with Crippen molar-refractivity contribution in [1.29, 1.82) is 0 Å². The van der Waals surface area contributed by atoms with E-state index in [-0.39, 0.29) is 27.7 Å². The van der Waals surface area contributed by atoms with Crippen molar-refractivity contribution in [3.63, 3.8) is 0 Å². The molecule has 11 heteroatoms. The number of amides is 2. The van der Waals surface area contributed by atoms with Crippen molar-refractivity contribution in [2.24, 2.45) is 0 Å². The number of para-hydroxylation sites is 2. The van der Waals surface area contributed by atoms with Gasteiger partial charge in [-0.1, -0.05) is 12.1 Å². The van der Waals surface area contributed by atoms with Gasteiger partial charge in [0.25, 0.3) is 10.0 Å². The lowest BCUT2D eigenvalue weighted by atomic mass is 10.2. The molecular formula is C16H13F2N3O5S. The standard InChI is InChI=1S/C16H13F2N3O5S/c17-16(18)26-13-4-2-1-3-11(13)21-27(24,25)9-5-6-10-12(7-9)20-15(23)8-14(22)19-10/h1-7,16,21H,8H2,(H,19,22)(H,20,23). The fourth-order valence-electron chi connectivity index (χ4n) is 2.39. The van der Waals surface area contributed by atoms with Crippen LogP contribution in [0.2, 0.25) is 0 Å². The molecule has 27 heavy (non-hydrogen) atoms. The maximum Gasteiger partial charge on any atom is 0.387 e. The van der Waals surface area contributed by atoms with Gasteiger partial charge in [0.15, 0.2) is 0 Å². The molecule has 0 radical (unpaired) electrons. The molecule has 3 rings (SSSR count). The summed E-state index contributed by atoms with van der Waals surface area (Å²) in [5.74, 6) is -1.46. The van der Waals surface area contributed by atoms with Crippen molar-refractivity contribution < 1.29 is 31.5 Å². The van der Waals surface area contributed by atoms with Crippen LogP contribution in [0.3, 0.4) is 0 Å². The summed E-state index contributed by atoms with van der Waals surface area (Å²) < 4.78 is 56.6. The summed E-state index contributed by atoms with van der Waals surface area (Å²) in [6.45, 7) is -3.12. The third-order valence-corrected chi connectivity index (χ3v) is 4.88. The zero-order valence-electron chi connectivity index (χ0n) is 13.5. The second-order valence-electron chi connectivity index (χ2n) is 5.46. The highest BCUT2D eigenvalue weighted by molar-refractivity contribution is 7.92. The largest absolute Gasteiger partial charge is 0.433 e. The third kappa shape index (κ3) is 4.31. The van der Waals surface area contributed by atoms with Crippen LogP contribution < -0.4 is 20.1 Å². The number of hydrogen-bond acceptors (Lipinski definition) is 5. The molecule has 2 aromatic rings. The topological polar surface area (TPSA) is 114 Å². The SMILES string of the molecule is O=C1CC(=O)Nc2cc(S(=O)(=O)Nc3ccccc3OC(F)F)ccc2N1. The fourth-order valence-corrected chi connectivity index (χ4v) is 3.49. The zero-order valence-corrected chi connectivity index (χ0v) is 14.3. The van der Waals surface area contributed by atoms with Gasteiger partial charge in [-0.05, 0) is 30.3 Å². The second kappa shape index (κ2) is 7.19. The van der Waals surface area contributed by atoms with E-state index < -0.39 is 34.9 Å². The quantitative estimate of drug-likeness (QED) is 0.671. The van der Waals surface area contributed by atoms with Crippen LogP contribution in [-0.4, -0.2) is 26.8 Å². The number of ether oxygens (including phenoxy) is 1. The molecule has 1 aliphatic heterocycles. The number of carbonyl (C=O) groups is 2. The monoisotopic (exact) mass is 397 g/mol. The van der Waals surface area contributed by atoms with Crippen LogP contribution in [0.15, 0.2) is 47.4 Å². The van der Waals surface area contributed by atoms with Gasteiger partial charge in [0.2, 0.25) is 11.8 Å². The van der Waals surface area contributed by atoms with Crippen LogP contribution >= 0.6 is 0 Å². The van der Waals surface area contributed by atoms with Crippen molar-refractivity contribution in [3.05, 3.63) is 42.5 Å². The fraction of sp³-hybridized carbons (Fsp3) is 0.125. The number of rotatable bonds is 5. The first kappa shape index (κ1) is 18.6. The van der Waals surface area contributed by atoms with Crippen molar-refractivity contribution in [3.8, 4) is 5.75 Å². The van der Waals surface area contributed by atoms with Crippen molar-refractivity contribution >= 4 is 38.9 Å². The maximum atomic E-state index is 12.6. The zero-order chi connectivity index (χ0) is 19.6. The van der Waals surface area contributed by atoms with Gasteiger partial charge < -0.3 is 15.4 Å². The molecule has 142 valence electrons. The Balaban J connectivity index is 1.93. The smallest absolute Gasteiger partial charge is 0.387 e. The second-order valence-corrected chi connectivity index (χ2v) is 7.14. The van der Waals surface area contributed by atoms with Gasteiger partial charge in [-0.15, -0.1) is 0 Å². The summed E-state index contributed by atoms with van der Waals surface area (Å²) in [7, 11) is -4.19. The average molecular weight is 397 g/mol. The summed E-state index contributed by atoms with van der Waals surface area (Å²) in [5.41, 5.74) is 0.169. The summed E-state index contributed by atoms with van der Waals surface area (Å²) >= 11 is 0. The lowest BCUT2D eigenvalue weighted by Gasteiger charge is -2.14. The minimum Gasteiger partial charge on any atom is -0.433 e. The van der Waals surface area contributed by atoms with E-state index in [1.54, 1.807) is 0 Å². The molecule has 3 N–H and O–H groups in total. The van der Waals surface area contributed by atoms with Crippen LogP contribution in [0.5, 0.6) is 5.75 Å². The first-order valence-electron chi connectivity index (χ1n) is 7.55. The Kier molecular flexibility index (Phi) is 4.95. The van der Waals surface area contributed by atoms with Crippen LogP contribution in [0.25, 0.3) is 0 Å². The van der Waals surface area contributed by atoms with Gasteiger partial charge in [0.1, 0.15) is 12.2 Å². The van der Waals surface area contributed by atoms with Gasteiger partial charge in [0.05, 0.1) is 22.0 Å². The first-order chi connectivity index (χ1) is 12.7. The number of hydrogen-bond donors (Lipinski definition) is 3. The lowest BCUT2D eigenvalue weighted by molar-refractivity contribution is -0.123. The first-order valence-corrected chi connectivity index (χ1v) is 9.03. The molecule has 0 aromatic heterocycles. The van der Waals surface area contributed by atoms with Crippen LogP contribution in [0, 0.1) is 0 Å². The van der Waals surface area contributed by atoms with Gasteiger partial charge in [-0.25, -0.2) is 8.42 Å². The molecule has 0 bridgehead atoms. The number of halogens is 2. The van der Waals surface area contributed by atoms with E-state index in [0.29, 0.717) is 0 Å². The molecule has 0 unspecified atom stereocenters. The Morgan fingerprint density at radius 1 is 1.00 bits per heavy atom. The number of fused-ring (bicyclic) bond motifs is 1. The average Bonchev–Trinajstić information content (AvgIpc) is 2.71. The molecule has 0 fully saturated rings. The normalized spacial score (nSPS) is 14.0. The van der Waals surface area contributed by atoms with E-state index in [2.05, 4.69) is 20.1 Å². The molecule has 2 amide bonds. The Morgan fingerprint density at radius 2 is 1.67 bits per heavy atom. The molecule has 0 saturated carbocycles. The van der Waals surface area contributed by atoms with E-state index in [0.717, 1.165) is 6.07 Å². The van der Waals surface area contributed by atoms with Crippen LogP contribution in [0.1, 0.15) is 6.42 Å². The highest BCUT2D eigenvalue weighted by atomic mass is 32.2. The van der Waals surface area contributed by atoms with Crippen LogP contribution in [0.4, 0.5) is 25.8 Å². The Morgan fingerprint density at radius 3 is 2.37 bits per heavy atom. The molecular weight excluding hydrogens is 384 g/mol. The highest BCUT2D eigenvalue weighted by Gasteiger charge is 2.23. The number of sulfonamides is 1. The minimum absolute atomic E-state index is 0.103. The van der Waals surface area contributed by atoms with Crippen molar-refractivity contribution in [2.45, 2.75) is 17.9 Å².